The van der Waals surface area contributed by atoms with Crippen molar-refractivity contribution < 1.29 is 4.74 Å². The molecule has 0 spiro atoms. The van der Waals surface area contributed by atoms with Crippen LogP contribution in [0.5, 0.6) is 0 Å². The van der Waals surface area contributed by atoms with Crippen molar-refractivity contribution in [3.8, 4) is 0 Å². The van der Waals surface area contributed by atoms with E-state index in [1.807, 2.05) is 0 Å². The van der Waals surface area contributed by atoms with Gasteiger partial charge in [-0.05, 0) is 19.3 Å². The number of hydrogen-bond donors (Lipinski definition) is 2. The van der Waals surface area contributed by atoms with Crippen LogP contribution in [0.15, 0.2) is 4.99 Å². The molecule has 2 aliphatic rings. The maximum absolute atomic E-state index is 5.75. The van der Waals surface area contributed by atoms with Crippen molar-refractivity contribution in [1.29, 1.82) is 0 Å². The van der Waals surface area contributed by atoms with Gasteiger partial charge < -0.3 is 15.4 Å². The minimum absolute atomic E-state index is 0. The van der Waals surface area contributed by atoms with Crippen LogP contribution in [-0.2, 0) is 4.74 Å². The van der Waals surface area contributed by atoms with Gasteiger partial charge in [-0.15, -0.1) is 24.0 Å². The van der Waals surface area contributed by atoms with Crippen LogP contribution in [0.3, 0.4) is 0 Å². The number of guanidine groups is 1. The Kier molecular flexibility index (Phi) is 7.11. The molecule has 0 saturated heterocycles. The third-order valence-electron chi connectivity index (χ3n) is 2.95. The van der Waals surface area contributed by atoms with E-state index in [4.69, 9.17) is 4.74 Å². The summed E-state index contributed by atoms with van der Waals surface area (Å²) in [7, 11) is 0. The molecule has 16 heavy (non-hydrogen) atoms. The lowest BCUT2D eigenvalue weighted by Crippen LogP contribution is -2.42. The van der Waals surface area contributed by atoms with Crippen LogP contribution < -0.4 is 10.6 Å². The highest BCUT2D eigenvalue weighted by atomic mass is 127. The number of nitrogens with zero attached hydrogens (tertiary/aromatic N) is 1. The quantitative estimate of drug-likeness (QED) is 0.603. The molecule has 0 aromatic rings. The standard InChI is InChI=1S/C11H21N3O.HI/c1-2-5-10(4-1)15-9-8-14-11-12-6-3-7-13-11;/h10H,1-9H2,(H2,12,13,14);1H. The fraction of sp³-hybridized carbons (Fsp3) is 0.909. The molecule has 0 unspecified atom stereocenters. The predicted octanol–water partition coefficient (Wildman–Crippen LogP) is 1.50. The van der Waals surface area contributed by atoms with Crippen molar-refractivity contribution in [3.63, 3.8) is 0 Å². The second kappa shape index (κ2) is 8.11. The second-order valence-electron chi connectivity index (χ2n) is 4.21. The molecule has 0 radical (unpaired) electrons. The average molecular weight is 339 g/mol. The topological polar surface area (TPSA) is 45.7 Å². The minimum atomic E-state index is 0. The first kappa shape index (κ1) is 14.0. The summed E-state index contributed by atoms with van der Waals surface area (Å²) in [5.41, 5.74) is 0. The van der Waals surface area contributed by atoms with Gasteiger partial charge in [-0.2, -0.15) is 0 Å². The first-order valence-electron chi connectivity index (χ1n) is 6.09. The Morgan fingerprint density at radius 3 is 2.81 bits per heavy atom. The zero-order valence-corrected chi connectivity index (χ0v) is 12.0. The predicted molar refractivity (Wildman–Crippen MR) is 76.5 cm³/mol. The van der Waals surface area contributed by atoms with E-state index in [2.05, 4.69) is 15.6 Å². The summed E-state index contributed by atoms with van der Waals surface area (Å²) in [6, 6.07) is 0. The van der Waals surface area contributed by atoms with Crippen LogP contribution in [-0.4, -0.2) is 38.3 Å². The third-order valence-corrected chi connectivity index (χ3v) is 2.95. The monoisotopic (exact) mass is 339 g/mol. The third kappa shape index (κ3) is 4.86. The number of rotatable bonds is 4. The summed E-state index contributed by atoms with van der Waals surface area (Å²) in [6.45, 7) is 3.64. The first-order chi connectivity index (χ1) is 7.45. The van der Waals surface area contributed by atoms with Gasteiger partial charge in [0.15, 0.2) is 5.96 Å². The number of halogens is 1. The molecule has 1 aliphatic heterocycles. The molecular formula is C11H22IN3O. The Morgan fingerprint density at radius 1 is 1.31 bits per heavy atom. The Bertz CT molecular complexity index is 217. The lowest BCUT2D eigenvalue weighted by molar-refractivity contribution is 0.0622. The number of ether oxygens (including phenoxy) is 1. The van der Waals surface area contributed by atoms with Crippen molar-refractivity contribution in [2.75, 3.05) is 26.2 Å². The molecule has 0 amide bonds. The van der Waals surface area contributed by atoms with Gasteiger partial charge in [0.2, 0.25) is 0 Å². The molecule has 4 nitrogen and oxygen atoms in total. The van der Waals surface area contributed by atoms with Gasteiger partial charge in [-0.3, -0.25) is 4.99 Å². The molecule has 0 aromatic heterocycles. The van der Waals surface area contributed by atoms with E-state index in [9.17, 15) is 0 Å². The van der Waals surface area contributed by atoms with Crippen molar-refractivity contribution in [3.05, 3.63) is 0 Å². The Balaban J connectivity index is 0.00000128. The zero-order chi connectivity index (χ0) is 10.3. The summed E-state index contributed by atoms with van der Waals surface area (Å²) in [6.07, 6.45) is 6.84. The average Bonchev–Trinajstić information content (AvgIpc) is 2.79. The Hall–Kier alpha value is -0.0400. The SMILES string of the molecule is C1CN=C(NCCOC2CCCC2)NC1.I. The molecule has 2 N–H and O–H groups in total. The van der Waals surface area contributed by atoms with Crippen LogP contribution in [0.2, 0.25) is 0 Å². The minimum Gasteiger partial charge on any atom is -0.376 e. The fourth-order valence-electron chi connectivity index (χ4n) is 2.10. The van der Waals surface area contributed by atoms with E-state index < -0.39 is 0 Å². The van der Waals surface area contributed by atoms with E-state index in [0.29, 0.717) is 6.10 Å². The number of hydrogen-bond acceptors (Lipinski definition) is 4. The number of aliphatic imine (C=N–C) groups is 1. The lowest BCUT2D eigenvalue weighted by atomic mass is 10.3. The van der Waals surface area contributed by atoms with Crippen molar-refractivity contribution in [2.24, 2.45) is 4.99 Å². The van der Waals surface area contributed by atoms with Crippen LogP contribution in [0.1, 0.15) is 32.1 Å². The molecule has 1 saturated carbocycles. The van der Waals surface area contributed by atoms with E-state index in [1.165, 1.54) is 25.7 Å². The highest BCUT2D eigenvalue weighted by Crippen LogP contribution is 2.20. The summed E-state index contributed by atoms with van der Waals surface area (Å²) < 4.78 is 5.75. The van der Waals surface area contributed by atoms with E-state index >= 15 is 0 Å². The molecule has 0 aromatic carbocycles. The van der Waals surface area contributed by atoms with Crippen molar-refractivity contribution in [1.82, 2.24) is 10.6 Å². The van der Waals surface area contributed by atoms with Gasteiger partial charge in [0.1, 0.15) is 0 Å². The molecule has 0 bridgehead atoms. The van der Waals surface area contributed by atoms with Gasteiger partial charge in [-0.25, -0.2) is 0 Å². The van der Waals surface area contributed by atoms with Crippen LogP contribution in [0.25, 0.3) is 0 Å². The van der Waals surface area contributed by atoms with Crippen LogP contribution >= 0.6 is 24.0 Å². The smallest absolute Gasteiger partial charge is 0.191 e. The highest BCUT2D eigenvalue weighted by Gasteiger charge is 2.14. The molecule has 0 atom stereocenters. The van der Waals surface area contributed by atoms with Crippen molar-refractivity contribution in [2.45, 2.75) is 38.2 Å². The van der Waals surface area contributed by atoms with Gasteiger partial charge in [0, 0.05) is 19.6 Å². The molecule has 1 heterocycles. The fourth-order valence-corrected chi connectivity index (χ4v) is 2.10. The first-order valence-corrected chi connectivity index (χ1v) is 6.09. The maximum Gasteiger partial charge on any atom is 0.191 e. The van der Waals surface area contributed by atoms with Gasteiger partial charge in [0.05, 0.1) is 12.7 Å². The lowest BCUT2D eigenvalue weighted by Gasteiger charge is -2.17. The second-order valence-corrected chi connectivity index (χ2v) is 4.21. The molecule has 94 valence electrons. The van der Waals surface area contributed by atoms with E-state index in [0.717, 1.165) is 38.6 Å². The summed E-state index contributed by atoms with van der Waals surface area (Å²) in [5, 5.41) is 6.49. The van der Waals surface area contributed by atoms with Gasteiger partial charge >= 0.3 is 0 Å². The molecule has 2 rings (SSSR count). The van der Waals surface area contributed by atoms with E-state index in [1.54, 1.807) is 0 Å². The largest absolute Gasteiger partial charge is 0.376 e. The van der Waals surface area contributed by atoms with Crippen LogP contribution in [0, 0.1) is 0 Å². The number of nitrogens with one attached hydrogen (secondary N) is 2. The summed E-state index contributed by atoms with van der Waals surface area (Å²) in [4.78, 5) is 4.34. The molecular weight excluding hydrogens is 317 g/mol. The molecule has 1 aliphatic carbocycles. The van der Waals surface area contributed by atoms with Crippen molar-refractivity contribution >= 4 is 29.9 Å². The van der Waals surface area contributed by atoms with Gasteiger partial charge in [-0.1, -0.05) is 12.8 Å². The van der Waals surface area contributed by atoms with Gasteiger partial charge in [0.25, 0.3) is 0 Å². The van der Waals surface area contributed by atoms with E-state index in [-0.39, 0.29) is 24.0 Å². The van der Waals surface area contributed by atoms with Crippen LogP contribution in [0.4, 0.5) is 0 Å². The normalized spacial score (nSPS) is 20.9. The summed E-state index contributed by atoms with van der Waals surface area (Å²) in [5.74, 6) is 0.941. The molecule has 5 heteroatoms. The Morgan fingerprint density at radius 2 is 2.12 bits per heavy atom. The molecule has 1 fully saturated rings. The summed E-state index contributed by atoms with van der Waals surface area (Å²) >= 11 is 0. The zero-order valence-electron chi connectivity index (χ0n) is 9.71. The Labute approximate surface area is 115 Å². The maximum atomic E-state index is 5.75. The highest BCUT2D eigenvalue weighted by molar-refractivity contribution is 14.0.